The van der Waals surface area contributed by atoms with Gasteiger partial charge in [-0.1, -0.05) is 0 Å². The maximum atomic E-state index is 12.3. The highest BCUT2D eigenvalue weighted by atomic mass is 35.5. The first kappa shape index (κ1) is 16.9. The Labute approximate surface area is 135 Å². The van der Waals surface area contributed by atoms with Crippen molar-refractivity contribution in [2.24, 2.45) is 5.92 Å². The Balaban J connectivity index is 0.00000176. The summed E-state index contributed by atoms with van der Waals surface area (Å²) in [4.78, 5) is 14.4. The van der Waals surface area contributed by atoms with Crippen LogP contribution in [0.2, 0.25) is 0 Å². The molecule has 2 heterocycles. The third-order valence-electron chi connectivity index (χ3n) is 3.54. The summed E-state index contributed by atoms with van der Waals surface area (Å²) in [5.41, 5.74) is 0.740. The van der Waals surface area contributed by atoms with Gasteiger partial charge in [-0.05, 0) is 37.9 Å². The van der Waals surface area contributed by atoms with Crippen LogP contribution in [0.15, 0.2) is 27.8 Å². The van der Waals surface area contributed by atoms with Crippen LogP contribution in [0.3, 0.4) is 0 Å². The van der Waals surface area contributed by atoms with Gasteiger partial charge in [-0.25, -0.2) is 9.19 Å². The van der Waals surface area contributed by atoms with Gasteiger partial charge in [0, 0.05) is 17.9 Å². The molecule has 1 saturated heterocycles. The molecule has 0 aliphatic carbocycles. The fourth-order valence-corrected chi connectivity index (χ4v) is 3.70. The third-order valence-corrected chi connectivity index (χ3v) is 4.88. The van der Waals surface area contributed by atoms with Crippen molar-refractivity contribution < 1.29 is 13.5 Å². The van der Waals surface area contributed by atoms with Crippen LogP contribution < -0.4 is 5.32 Å². The second kappa shape index (κ2) is 7.17. The number of nitro benzene ring substituents is 1. The first-order valence-corrected chi connectivity index (χ1v) is 8.09. The SMILES string of the molecule is Cl.O=[N+]([O-])c1ccc2oc(S(=O)CC3CCCNC3)nc2c1. The highest BCUT2D eigenvalue weighted by molar-refractivity contribution is 7.84. The lowest BCUT2D eigenvalue weighted by Gasteiger charge is -2.21. The van der Waals surface area contributed by atoms with E-state index in [0.29, 0.717) is 22.8 Å². The van der Waals surface area contributed by atoms with E-state index in [9.17, 15) is 14.3 Å². The van der Waals surface area contributed by atoms with Gasteiger partial charge in [0.25, 0.3) is 10.9 Å². The predicted molar refractivity (Wildman–Crippen MR) is 84.8 cm³/mol. The summed E-state index contributed by atoms with van der Waals surface area (Å²) >= 11 is 0. The molecule has 1 N–H and O–H groups in total. The summed E-state index contributed by atoms with van der Waals surface area (Å²) < 4.78 is 17.7. The zero-order valence-corrected chi connectivity index (χ0v) is 13.3. The van der Waals surface area contributed by atoms with E-state index < -0.39 is 15.7 Å². The number of fused-ring (bicyclic) bond motifs is 1. The van der Waals surface area contributed by atoms with E-state index in [4.69, 9.17) is 4.42 Å². The van der Waals surface area contributed by atoms with Crippen LogP contribution in [0.1, 0.15) is 12.8 Å². The van der Waals surface area contributed by atoms with Crippen LogP contribution in [-0.4, -0.2) is 33.0 Å². The van der Waals surface area contributed by atoms with Crippen LogP contribution in [0.25, 0.3) is 11.1 Å². The molecule has 7 nitrogen and oxygen atoms in total. The Kier molecular flexibility index (Phi) is 5.49. The molecule has 9 heteroatoms. The quantitative estimate of drug-likeness (QED) is 0.674. The van der Waals surface area contributed by atoms with Crippen LogP contribution in [0, 0.1) is 16.0 Å². The van der Waals surface area contributed by atoms with E-state index in [-0.39, 0.29) is 23.3 Å². The normalized spacial score (nSPS) is 19.5. The van der Waals surface area contributed by atoms with Gasteiger partial charge in [0.2, 0.25) is 0 Å². The molecule has 1 fully saturated rings. The number of halogens is 1. The number of benzene rings is 1. The van der Waals surface area contributed by atoms with E-state index in [1.165, 1.54) is 18.2 Å². The standard InChI is InChI=1S/C13H15N3O4S.ClH/c17-16(18)10-3-4-12-11(6-10)15-13(20-12)21(19)8-9-2-1-5-14-7-9;/h3-4,6,9,14H,1-2,5,7-8H2;1H. The number of nitrogens with zero attached hydrogens (tertiary/aromatic N) is 2. The molecule has 2 unspecified atom stereocenters. The van der Waals surface area contributed by atoms with Crippen LogP contribution in [0.4, 0.5) is 5.69 Å². The average Bonchev–Trinajstić information content (AvgIpc) is 2.91. The summed E-state index contributed by atoms with van der Waals surface area (Å²) in [5.74, 6) is 0.853. The first-order valence-electron chi connectivity index (χ1n) is 6.77. The van der Waals surface area contributed by atoms with E-state index in [2.05, 4.69) is 10.3 Å². The molecule has 120 valence electrons. The molecule has 0 amide bonds. The van der Waals surface area contributed by atoms with E-state index >= 15 is 0 Å². The molecule has 1 aromatic heterocycles. The molecule has 0 bridgehead atoms. The number of non-ortho nitro benzene ring substituents is 1. The number of piperidine rings is 1. The highest BCUT2D eigenvalue weighted by Gasteiger charge is 2.21. The number of hydrogen-bond donors (Lipinski definition) is 1. The molecule has 2 aromatic rings. The van der Waals surface area contributed by atoms with Crippen molar-refractivity contribution in [1.82, 2.24) is 10.3 Å². The molecule has 22 heavy (non-hydrogen) atoms. The number of aromatic nitrogens is 1. The fourth-order valence-electron chi connectivity index (χ4n) is 2.46. The van der Waals surface area contributed by atoms with Crippen LogP contribution in [0.5, 0.6) is 0 Å². The smallest absolute Gasteiger partial charge is 0.287 e. The van der Waals surface area contributed by atoms with Gasteiger partial charge in [0.05, 0.1) is 4.92 Å². The van der Waals surface area contributed by atoms with Crippen molar-refractivity contribution >= 4 is 40.0 Å². The lowest BCUT2D eigenvalue weighted by Crippen LogP contribution is -2.32. The number of oxazole rings is 1. The van der Waals surface area contributed by atoms with Crippen molar-refractivity contribution in [1.29, 1.82) is 0 Å². The summed E-state index contributed by atoms with van der Waals surface area (Å²) in [7, 11) is -1.32. The molecule has 1 aliphatic heterocycles. The Morgan fingerprint density at radius 1 is 1.50 bits per heavy atom. The minimum Gasteiger partial charge on any atom is -0.430 e. The number of hydrogen-bond acceptors (Lipinski definition) is 6. The van der Waals surface area contributed by atoms with Crippen LogP contribution in [-0.2, 0) is 10.8 Å². The van der Waals surface area contributed by atoms with Gasteiger partial charge in [0.1, 0.15) is 16.3 Å². The second-order valence-electron chi connectivity index (χ2n) is 5.11. The maximum absolute atomic E-state index is 12.3. The Morgan fingerprint density at radius 2 is 2.32 bits per heavy atom. The Hall–Kier alpha value is -1.51. The predicted octanol–water partition coefficient (Wildman–Crippen LogP) is 2.26. The third kappa shape index (κ3) is 3.63. The summed E-state index contributed by atoms with van der Waals surface area (Å²) in [6, 6.07) is 4.18. The van der Waals surface area contributed by atoms with Gasteiger partial charge in [0.15, 0.2) is 5.58 Å². The van der Waals surface area contributed by atoms with Crippen molar-refractivity contribution in [3.8, 4) is 0 Å². The van der Waals surface area contributed by atoms with Gasteiger partial charge >= 0.3 is 0 Å². The first-order chi connectivity index (χ1) is 10.1. The average molecular weight is 346 g/mol. The van der Waals surface area contributed by atoms with Crippen molar-refractivity contribution in [3.63, 3.8) is 0 Å². The van der Waals surface area contributed by atoms with E-state index in [1.807, 2.05) is 0 Å². The minimum atomic E-state index is -1.32. The van der Waals surface area contributed by atoms with Gasteiger partial charge in [-0.2, -0.15) is 0 Å². The van der Waals surface area contributed by atoms with Gasteiger partial charge in [-0.15, -0.1) is 12.4 Å². The van der Waals surface area contributed by atoms with Crippen molar-refractivity contribution in [2.75, 3.05) is 18.8 Å². The van der Waals surface area contributed by atoms with Gasteiger partial charge in [-0.3, -0.25) is 10.1 Å². The molecule has 1 aromatic carbocycles. The summed E-state index contributed by atoms with van der Waals surface area (Å²) in [6.07, 6.45) is 2.13. The van der Waals surface area contributed by atoms with Crippen molar-refractivity contribution in [2.45, 2.75) is 18.1 Å². The van der Waals surface area contributed by atoms with Crippen molar-refractivity contribution in [3.05, 3.63) is 28.3 Å². The molecule has 1 aliphatic rings. The molecule has 0 radical (unpaired) electrons. The summed E-state index contributed by atoms with van der Waals surface area (Å²) in [6.45, 7) is 1.87. The Bertz CT molecular complexity index is 700. The van der Waals surface area contributed by atoms with E-state index in [0.717, 1.165) is 25.9 Å². The Morgan fingerprint density at radius 3 is 3.00 bits per heavy atom. The minimum absolute atomic E-state index is 0. The molecule has 0 saturated carbocycles. The number of nitro groups is 1. The lowest BCUT2D eigenvalue weighted by atomic mass is 10.0. The molecular formula is C13H16ClN3O4S. The van der Waals surface area contributed by atoms with Crippen LogP contribution >= 0.6 is 12.4 Å². The highest BCUT2D eigenvalue weighted by Crippen LogP contribution is 2.24. The molecule has 3 rings (SSSR count). The molecule has 0 spiro atoms. The lowest BCUT2D eigenvalue weighted by molar-refractivity contribution is -0.384. The number of nitrogens with one attached hydrogen (secondary N) is 1. The zero-order chi connectivity index (χ0) is 14.8. The van der Waals surface area contributed by atoms with E-state index in [1.54, 1.807) is 0 Å². The second-order valence-corrected chi connectivity index (χ2v) is 6.49. The molecular weight excluding hydrogens is 330 g/mol. The topological polar surface area (TPSA) is 98.3 Å². The summed E-state index contributed by atoms with van der Waals surface area (Å²) in [5, 5.41) is 14.2. The molecule has 2 atom stereocenters. The van der Waals surface area contributed by atoms with Gasteiger partial charge < -0.3 is 9.73 Å². The monoisotopic (exact) mass is 345 g/mol. The largest absolute Gasteiger partial charge is 0.430 e. The zero-order valence-electron chi connectivity index (χ0n) is 11.7. The fraction of sp³-hybridized carbons (Fsp3) is 0.462. The maximum Gasteiger partial charge on any atom is 0.287 e. The number of rotatable bonds is 4.